The average Bonchev–Trinajstić information content (AvgIpc) is 2.59. The van der Waals surface area contributed by atoms with Crippen LogP contribution < -0.4 is 5.73 Å². The normalized spacial score (nSPS) is 13.4. The molecule has 0 aliphatic heterocycles. The number of rotatable bonds is 2. The van der Waals surface area contributed by atoms with Crippen molar-refractivity contribution >= 4 is 11.0 Å². The molecular weight excluding hydrogens is 188 g/mol. The van der Waals surface area contributed by atoms with Gasteiger partial charge in [-0.2, -0.15) is 0 Å². The van der Waals surface area contributed by atoms with Crippen LogP contribution >= 0.6 is 0 Å². The predicted molar refractivity (Wildman–Crippen MR) is 49.1 cm³/mol. The van der Waals surface area contributed by atoms with Crippen molar-refractivity contribution in [2.24, 2.45) is 5.73 Å². The minimum absolute atomic E-state index is 0.137. The molecule has 2 N–H and O–H groups in total. The fourth-order valence-electron chi connectivity index (χ4n) is 1.31. The van der Waals surface area contributed by atoms with E-state index < -0.39 is 6.17 Å². The van der Waals surface area contributed by atoms with E-state index in [2.05, 4.69) is 0 Å². The van der Waals surface area contributed by atoms with Crippen LogP contribution in [0.5, 0.6) is 0 Å². The second kappa shape index (κ2) is 3.38. The van der Waals surface area contributed by atoms with Gasteiger partial charge in [-0.05, 0) is 24.3 Å². The maximum absolute atomic E-state index is 13.1. The molecule has 0 radical (unpaired) electrons. The lowest BCUT2D eigenvalue weighted by Gasteiger charge is -1.97. The lowest BCUT2D eigenvalue weighted by Crippen LogP contribution is -2.06. The van der Waals surface area contributed by atoms with Gasteiger partial charge in [0.15, 0.2) is 6.17 Å². The van der Waals surface area contributed by atoms with Crippen LogP contribution in [0.25, 0.3) is 11.0 Å². The largest absolute Gasteiger partial charge is 0.458 e. The number of hydrogen-bond acceptors (Lipinski definition) is 2. The monoisotopic (exact) mass is 197 g/mol. The second-order valence-electron chi connectivity index (χ2n) is 3.03. The lowest BCUT2D eigenvalue weighted by molar-refractivity contribution is 0.301. The molecule has 0 saturated heterocycles. The molecule has 0 amide bonds. The third kappa shape index (κ3) is 1.48. The molecule has 0 aliphatic carbocycles. The number of fused-ring (bicyclic) bond motifs is 1. The van der Waals surface area contributed by atoms with E-state index in [9.17, 15) is 8.78 Å². The molecule has 1 aromatic heterocycles. The first kappa shape index (κ1) is 9.15. The van der Waals surface area contributed by atoms with Gasteiger partial charge >= 0.3 is 0 Å². The van der Waals surface area contributed by atoms with Crippen molar-refractivity contribution in [3.8, 4) is 0 Å². The quantitative estimate of drug-likeness (QED) is 0.803. The molecule has 14 heavy (non-hydrogen) atoms. The number of halogens is 2. The molecule has 4 heteroatoms. The molecule has 1 heterocycles. The topological polar surface area (TPSA) is 39.2 Å². The van der Waals surface area contributed by atoms with Crippen molar-refractivity contribution in [2.45, 2.75) is 6.17 Å². The first-order chi connectivity index (χ1) is 6.70. The maximum atomic E-state index is 13.1. The third-order valence-electron chi connectivity index (χ3n) is 2.01. The van der Waals surface area contributed by atoms with Crippen LogP contribution in [0.2, 0.25) is 0 Å². The average molecular weight is 197 g/mol. The molecular formula is C10H9F2NO. The van der Waals surface area contributed by atoms with Gasteiger partial charge in [0.2, 0.25) is 0 Å². The zero-order chi connectivity index (χ0) is 10.1. The highest BCUT2D eigenvalue weighted by atomic mass is 19.1. The lowest BCUT2D eigenvalue weighted by atomic mass is 10.2. The van der Waals surface area contributed by atoms with E-state index in [1.54, 1.807) is 0 Å². The summed E-state index contributed by atoms with van der Waals surface area (Å²) in [5, 5.41) is 0.552. The Morgan fingerprint density at radius 2 is 2.14 bits per heavy atom. The molecule has 1 atom stereocenters. The van der Waals surface area contributed by atoms with E-state index in [-0.39, 0.29) is 18.1 Å². The summed E-state index contributed by atoms with van der Waals surface area (Å²) in [6.07, 6.45) is -1.33. The SMILES string of the molecule is NCC(F)c1cc2cc(F)ccc2o1. The molecule has 0 spiro atoms. The van der Waals surface area contributed by atoms with Crippen molar-refractivity contribution in [2.75, 3.05) is 6.54 Å². The fraction of sp³-hybridized carbons (Fsp3) is 0.200. The minimum atomic E-state index is -1.33. The van der Waals surface area contributed by atoms with E-state index >= 15 is 0 Å². The fourth-order valence-corrected chi connectivity index (χ4v) is 1.31. The van der Waals surface area contributed by atoms with Crippen LogP contribution in [-0.2, 0) is 0 Å². The molecule has 74 valence electrons. The van der Waals surface area contributed by atoms with Gasteiger partial charge in [-0.25, -0.2) is 8.78 Å². The van der Waals surface area contributed by atoms with Gasteiger partial charge in [0.05, 0.1) is 0 Å². The highest BCUT2D eigenvalue weighted by molar-refractivity contribution is 5.77. The molecule has 0 bridgehead atoms. The van der Waals surface area contributed by atoms with E-state index in [1.165, 1.54) is 24.3 Å². The number of alkyl halides is 1. The van der Waals surface area contributed by atoms with Gasteiger partial charge in [-0.1, -0.05) is 0 Å². The molecule has 1 unspecified atom stereocenters. The van der Waals surface area contributed by atoms with E-state index in [4.69, 9.17) is 10.2 Å². The summed E-state index contributed by atoms with van der Waals surface area (Å²) in [4.78, 5) is 0. The maximum Gasteiger partial charge on any atom is 0.170 e. The van der Waals surface area contributed by atoms with Crippen LogP contribution in [-0.4, -0.2) is 6.54 Å². The number of hydrogen-bond donors (Lipinski definition) is 1. The van der Waals surface area contributed by atoms with Gasteiger partial charge in [-0.15, -0.1) is 0 Å². The Labute approximate surface area is 79.3 Å². The molecule has 0 aliphatic rings. The molecule has 1 aromatic carbocycles. The number of benzene rings is 1. The first-order valence-electron chi connectivity index (χ1n) is 4.24. The van der Waals surface area contributed by atoms with Crippen molar-refractivity contribution < 1.29 is 13.2 Å². The van der Waals surface area contributed by atoms with Crippen molar-refractivity contribution in [1.82, 2.24) is 0 Å². The summed E-state index contributed by atoms with van der Waals surface area (Å²) in [6.45, 7) is -0.137. The summed E-state index contributed by atoms with van der Waals surface area (Å²) >= 11 is 0. The Bertz CT molecular complexity index is 452. The van der Waals surface area contributed by atoms with Crippen molar-refractivity contribution in [1.29, 1.82) is 0 Å². The summed E-state index contributed by atoms with van der Waals surface area (Å²) < 4.78 is 31.0. The van der Waals surface area contributed by atoms with Crippen LogP contribution in [0.15, 0.2) is 28.7 Å². The zero-order valence-electron chi connectivity index (χ0n) is 7.34. The smallest absolute Gasteiger partial charge is 0.170 e. The highest BCUT2D eigenvalue weighted by Gasteiger charge is 2.13. The molecule has 2 rings (SSSR count). The Morgan fingerprint density at radius 3 is 2.86 bits per heavy atom. The van der Waals surface area contributed by atoms with Gasteiger partial charge in [0.25, 0.3) is 0 Å². The van der Waals surface area contributed by atoms with Crippen LogP contribution in [0.3, 0.4) is 0 Å². The van der Waals surface area contributed by atoms with Crippen molar-refractivity contribution in [3.05, 3.63) is 35.8 Å². The van der Waals surface area contributed by atoms with Crippen molar-refractivity contribution in [3.63, 3.8) is 0 Å². The summed E-state index contributed by atoms with van der Waals surface area (Å²) in [5.74, 6) is -0.221. The van der Waals surface area contributed by atoms with Gasteiger partial charge in [-0.3, -0.25) is 0 Å². The Morgan fingerprint density at radius 1 is 1.36 bits per heavy atom. The summed E-state index contributed by atoms with van der Waals surface area (Å²) in [6, 6.07) is 5.50. The molecule has 2 aromatic rings. The predicted octanol–water partition coefficient (Wildman–Crippen LogP) is 2.54. The molecule has 2 nitrogen and oxygen atoms in total. The minimum Gasteiger partial charge on any atom is -0.458 e. The van der Waals surface area contributed by atoms with Crippen LogP contribution in [0.4, 0.5) is 8.78 Å². The first-order valence-corrected chi connectivity index (χ1v) is 4.24. The Hall–Kier alpha value is -1.42. The molecule has 0 saturated carbocycles. The van der Waals surface area contributed by atoms with E-state index in [1.807, 2.05) is 0 Å². The van der Waals surface area contributed by atoms with Gasteiger partial charge in [0, 0.05) is 11.9 Å². The number of nitrogens with two attached hydrogens (primary N) is 1. The number of furan rings is 1. The van der Waals surface area contributed by atoms with Gasteiger partial charge < -0.3 is 10.2 Å². The highest BCUT2D eigenvalue weighted by Crippen LogP contribution is 2.25. The van der Waals surface area contributed by atoms with E-state index in [0.717, 1.165) is 0 Å². The Kier molecular flexibility index (Phi) is 2.21. The molecule has 0 fully saturated rings. The zero-order valence-corrected chi connectivity index (χ0v) is 7.34. The summed E-state index contributed by atoms with van der Waals surface area (Å²) in [5.41, 5.74) is 5.62. The van der Waals surface area contributed by atoms with E-state index in [0.29, 0.717) is 11.0 Å². The van der Waals surface area contributed by atoms with Crippen LogP contribution in [0, 0.1) is 5.82 Å². The summed E-state index contributed by atoms with van der Waals surface area (Å²) in [7, 11) is 0. The van der Waals surface area contributed by atoms with Crippen LogP contribution in [0.1, 0.15) is 11.9 Å². The second-order valence-corrected chi connectivity index (χ2v) is 3.03. The Balaban J connectivity index is 2.51. The standard InChI is InChI=1S/C10H9F2NO/c11-7-1-2-9-6(3-7)4-10(14-9)8(12)5-13/h1-4,8H,5,13H2. The van der Waals surface area contributed by atoms with Gasteiger partial charge in [0.1, 0.15) is 17.2 Å². The third-order valence-corrected chi connectivity index (χ3v) is 2.01.